The quantitative estimate of drug-likeness (QED) is 0.325. The molecule has 0 radical (unpaired) electrons. The van der Waals surface area contributed by atoms with Gasteiger partial charge in [-0.05, 0) is 18.2 Å². The molecule has 0 saturated carbocycles. The van der Waals surface area contributed by atoms with Crippen molar-refractivity contribution >= 4 is 33.1 Å². The van der Waals surface area contributed by atoms with Gasteiger partial charge in [0.05, 0.1) is 11.9 Å². The van der Waals surface area contributed by atoms with Crippen molar-refractivity contribution < 1.29 is 13.6 Å². The van der Waals surface area contributed by atoms with Crippen molar-refractivity contribution in [3.63, 3.8) is 0 Å². The molecular weight excluding hydrogens is 254 g/mol. The van der Waals surface area contributed by atoms with Crippen LogP contribution in [0.1, 0.15) is 5.56 Å². The highest BCUT2D eigenvalue weighted by atomic mass is 35.5. The molecule has 0 atom stereocenters. The van der Waals surface area contributed by atoms with E-state index in [4.69, 9.17) is 22.5 Å². The third kappa shape index (κ3) is 3.28. The Labute approximate surface area is 97.8 Å². The van der Waals surface area contributed by atoms with Gasteiger partial charge >= 0.3 is 0 Å². The molecule has 88 valence electrons. The van der Waals surface area contributed by atoms with E-state index in [1.165, 1.54) is 18.2 Å². The monoisotopic (exact) mass is 263 g/mol. The van der Waals surface area contributed by atoms with Gasteiger partial charge in [-0.3, -0.25) is 4.72 Å². The highest BCUT2D eigenvalue weighted by Gasteiger charge is 2.11. The fraction of sp³-hybridized carbons (Fsp3) is 0.125. The molecule has 4 N–H and O–H groups in total. The number of rotatable bonds is 3. The lowest BCUT2D eigenvalue weighted by Gasteiger charge is -2.09. The Hall–Kier alpha value is -1.47. The standard InChI is InChI=1S/C8H10ClN3O3S/c1-16(14,15)12-7-4-5(9)2-3-6(7)8(10)11-13/h2-4,12-13H,1H3,(H2,10,11). The smallest absolute Gasteiger partial charge is 0.229 e. The summed E-state index contributed by atoms with van der Waals surface area (Å²) >= 11 is 5.72. The Kier molecular flexibility index (Phi) is 3.61. The molecule has 0 aliphatic heterocycles. The maximum atomic E-state index is 11.1. The Morgan fingerprint density at radius 2 is 2.19 bits per heavy atom. The molecule has 1 aromatic rings. The minimum atomic E-state index is -3.46. The Bertz CT molecular complexity index is 527. The van der Waals surface area contributed by atoms with Crippen LogP contribution in [-0.4, -0.2) is 25.7 Å². The molecular formula is C8H10ClN3O3S. The Morgan fingerprint density at radius 1 is 1.56 bits per heavy atom. The number of nitrogens with two attached hydrogens (primary N) is 1. The molecule has 16 heavy (non-hydrogen) atoms. The molecule has 0 aliphatic rings. The number of hydrogen-bond acceptors (Lipinski definition) is 4. The molecule has 0 aromatic heterocycles. The molecule has 0 saturated heterocycles. The van der Waals surface area contributed by atoms with Gasteiger partial charge in [0.2, 0.25) is 10.0 Å². The SMILES string of the molecule is CS(=O)(=O)Nc1cc(Cl)ccc1C(N)=NO. The van der Waals surface area contributed by atoms with Crippen molar-refractivity contribution in [2.75, 3.05) is 11.0 Å². The molecule has 0 bridgehead atoms. The zero-order valence-electron chi connectivity index (χ0n) is 8.31. The van der Waals surface area contributed by atoms with E-state index in [0.29, 0.717) is 5.02 Å². The first-order valence-corrected chi connectivity index (χ1v) is 6.35. The number of halogens is 1. The van der Waals surface area contributed by atoms with Gasteiger partial charge in [0.25, 0.3) is 0 Å². The molecule has 0 amide bonds. The van der Waals surface area contributed by atoms with E-state index in [0.717, 1.165) is 6.26 Å². The third-order valence-electron chi connectivity index (χ3n) is 1.66. The summed E-state index contributed by atoms with van der Waals surface area (Å²) in [7, 11) is -3.46. The summed E-state index contributed by atoms with van der Waals surface area (Å²) in [6, 6.07) is 4.32. The molecule has 1 aromatic carbocycles. The maximum absolute atomic E-state index is 11.1. The maximum Gasteiger partial charge on any atom is 0.229 e. The van der Waals surface area contributed by atoms with Crippen molar-refractivity contribution in [2.45, 2.75) is 0 Å². The summed E-state index contributed by atoms with van der Waals surface area (Å²) < 4.78 is 24.4. The third-order valence-corrected chi connectivity index (χ3v) is 2.49. The first kappa shape index (κ1) is 12.6. The lowest BCUT2D eigenvalue weighted by Crippen LogP contribution is -2.18. The lowest BCUT2D eigenvalue weighted by atomic mass is 10.1. The van der Waals surface area contributed by atoms with Gasteiger partial charge in [0, 0.05) is 10.6 Å². The lowest BCUT2D eigenvalue weighted by molar-refractivity contribution is 0.318. The molecule has 0 unspecified atom stereocenters. The van der Waals surface area contributed by atoms with Crippen molar-refractivity contribution in [1.82, 2.24) is 0 Å². The van der Waals surface area contributed by atoms with Crippen LogP contribution in [-0.2, 0) is 10.0 Å². The number of nitrogens with one attached hydrogen (secondary N) is 1. The van der Waals surface area contributed by atoms with Crippen LogP contribution in [0.4, 0.5) is 5.69 Å². The van der Waals surface area contributed by atoms with Crippen molar-refractivity contribution in [1.29, 1.82) is 0 Å². The van der Waals surface area contributed by atoms with Gasteiger partial charge in [-0.25, -0.2) is 8.42 Å². The average Bonchev–Trinajstić information content (AvgIpc) is 2.14. The van der Waals surface area contributed by atoms with Crippen molar-refractivity contribution in [2.24, 2.45) is 10.9 Å². The second-order valence-corrected chi connectivity index (χ2v) is 5.23. The van der Waals surface area contributed by atoms with Crippen LogP contribution in [0, 0.1) is 0 Å². The van der Waals surface area contributed by atoms with Gasteiger partial charge in [0.1, 0.15) is 0 Å². The van der Waals surface area contributed by atoms with E-state index in [1.807, 2.05) is 0 Å². The molecule has 0 aliphatic carbocycles. The predicted molar refractivity (Wildman–Crippen MR) is 62.4 cm³/mol. The van der Waals surface area contributed by atoms with Gasteiger partial charge in [-0.2, -0.15) is 0 Å². The minimum Gasteiger partial charge on any atom is -0.409 e. The van der Waals surface area contributed by atoms with Crippen molar-refractivity contribution in [3.05, 3.63) is 28.8 Å². The molecule has 1 rings (SSSR count). The van der Waals surface area contributed by atoms with Crippen LogP contribution >= 0.6 is 11.6 Å². The summed E-state index contributed by atoms with van der Waals surface area (Å²) in [5.74, 6) is -0.206. The fourth-order valence-electron chi connectivity index (χ4n) is 1.08. The zero-order valence-corrected chi connectivity index (χ0v) is 9.88. The summed E-state index contributed by atoms with van der Waals surface area (Å²) in [4.78, 5) is 0. The zero-order chi connectivity index (χ0) is 12.3. The summed E-state index contributed by atoms with van der Waals surface area (Å²) in [5.41, 5.74) is 5.79. The van der Waals surface area contributed by atoms with Crippen LogP contribution in [0.25, 0.3) is 0 Å². The van der Waals surface area contributed by atoms with Gasteiger partial charge in [0.15, 0.2) is 5.84 Å². The first-order valence-electron chi connectivity index (χ1n) is 4.09. The van der Waals surface area contributed by atoms with Crippen LogP contribution in [0.2, 0.25) is 5.02 Å². The summed E-state index contributed by atoms with van der Waals surface area (Å²) in [6.45, 7) is 0. The number of sulfonamides is 1. The molecule has 0 heterocycles. The Balaban J connectivity index is 3.29. The number of oxime groups is 1. The number of benzene rings is 1. The van der Waals surface area contributed by atoms with E-state index in [2.05, 4.69) is 9.88 Å². The van der Waals surface area contributed by atoms with Crippen molar-refractivity contribution in [3.8, 4) is 0 Å². The second kappa shape index (κ2) is 4.58. The number of amidine groups is 1. The summed E-state index contributed by atoms with van der Waals surface area (Å²) in [6.07, 6.45) is 0.990. The normalized spacial score (nSPS) is 12.5. The minimum absolute atomic E-state index is 0.158. The molecule has 8 heteroatoms. The predicted octanol–water partition coefficient (Wildman–Crippen LogP) is 0.806. The molecule has 0 spiro atoms. The van der Waals surface area contributed by atoms with E-state index in [1.54, 1.807) is 0 Å². The number of hydrogen-bond donors (Lipinski definition) is 3. The van der Waals surface area contributed by atoms with E-state index >= 15 is 0 Å². The largest absolute Gasteiger partial charge is 0.409 e. The highest BCUT2D eigenvalue weighted by molar-refractivity contribution is 7.92. The fourth-order valence-corrected chi connectivity index (χ4v) is 1.82. The van der Waals surface area contributed by atoms with Crippen LogP contribution in [0.5, 0.6) is 0 Å². The van der Waals surface area contributed by atoms with Gasteiger partial charge in [-0.15, -0.1) is 0 Å². The Morgan fingerprint density at radius 3 is 2.69 bits per heavy atom. The average molecular weight is 264 g/mol. The first-order chi connectivity index (χ1) is 7.33. The molecule has 6 nitrogen and oxygen atoms in total. The summed E-state index contributed by atoms with van der Waals surface area (Å²) in [5, 5.41) is 11.7. The topological polar surface area (TPSA) is 105 Å². The van der Waals surface area contributed by atoms with E-state index in [9.17, 15) is 8.42 Å². The van der Waals surface area contributed by atoms with E-state index < -0.39 is 10.0 Å². The van der Waals surface area contributed by atoms with Crippen LogP contribution in [0.3, 0.4) is 0 Å². The van der Waals surface area contributed by atoms with Crippen LogP contribution in [0.15, 0.2) is 23.4 Å². The van der Waals surface area contributed by atoms with Gasteiger partial charge in [-0.1, -0.05) is 16.8 Å². The van der Waals surface area contributed by atoms with Gasteiger partial charge < -0.3 is 10.9 Å². The second-order valence-electron chi connectivity index (χ2n) is 3.05. The highest BCUT2D eigenvalue weighted by Crippen LogP contribution is 2.21. The number of nitrogens with zero attached hydrogens (tertiary/aromatic N) is 1. The van der Waals surface area contributed by atoms with Crippen LogP contribution < -0.4 is 10.5 Å². The number of anilines is 1. The molecule has 0 fully saturated rings. The van der Waals surface area contributed by atoms with E-state index in [-0.39, 0.29) is 17.1 Å².